The van der Waals surface area contributed by atoms with E-state index in [2.05, 4.69) is 0 Å². The van der Waals surface area contributed by atoms with Gasteiger partial charge >= 0.3 is 5.97 Å². The summed E-state index contributed by atoms with van der Waals surface area (Å²) in [5, 5.41) is 14.6. The number of fused-ring (bicyclic) bond motifs is 1. The van der Waals surface area contributed by atoms with Gasteiger partial charge in [0.2, 0.25) is 10.0 Å². The van der Waals surface area contributed by atoms with E-state index in [1.807, 2.05) is 30.3 Å². The summed E-state index contributed by atoms with van der Waals surface area (Å²) in [6.07, 6.45) is 0.321. The molecular formula is C18H17FN2O4S. The predicted molar refractivity (Wildman–Crippen MR) is 94.9 cm³/mol. The highest BCUT2D eigenvalue weighted by molar-refractivity contribution is 7.89. The Morgan fingerprint density at radius 2 is 1.85 bits per heavy atom. The van der Waals surface area contributed by atoms with E-state index in [1.165, 1.54) is 10.6 Å². The van der Waals surface area contributed by atoms with Crippen LogP contribution in [0.5, 0.6) is 0 Å². The van der Waals surface area contributed by atoms with Gasteiger partial charge in [-0.1, -0.05) is 30.3 Å². The van der Waals surface area contributed by atoms with E-state index in [-0.39, 0.29) is 11.9 Å². The average Bonchev–Trinajstić information content (AvgIpc) is 2.79. The molecule has 0 bridgehead atoms. The molecule has 0 aliphatic rings. The van der Waals surface area contributed by atoms with Crippen LogP contribution in [0.15, 0.2) is 47.4 Å². The van der Waals surface area contributed by atoms with Crippen molar-refractivity contribution in [2.45, 2.75) is 24.8 Å². The molecule has 0 aliphatic carbocycles. The molecule has 0 amide bonds. The number of hydrogen-bond donors (Lipinski definition) is 2. The fourth-order valence-electron chi connectivity index (χ4n) is 3.22. The van der Waals surface area contributed by atoms with E-state index in [1.54, 1.807) is 6.92 Å². The SMILES string of the molecule is Cc1c(Cc2ccccc2)c2c(S(N)(=O)=O)c(F)ccc2n1CC(=O)O. The fourth-order valence-corrected chi connectivity index (χ4v) is 4.07. The first-order valence-electron chi connectivity index (χ1n) is 7.79. The molecule has 0 unspecified atom stereocenters. The van der Waals surface area contributed by atoms with Crippen LogP contribution in [0.1, 0.15) is 16.8 Å². The minimum absolute atomic E-state index is 0.134. The Labute approximate surface area is 149 Å². The first-order chi connectivity index (χ1) is 12.2. The second-order valence-corrected chi connectivity index (χ2v) is 7.52. The minimum Gasteiger partial charge on any atom is -0.480 e. The molecule has 2 aromatic carbocycles. The maximum absolute atomic E-state index is 14.4. The van der Waals surface area contributed by atoms with Crippen molar-refractivity contribution in [3.8, 4) is 0 Å². The van der Waals surface area contributed by atoms with E-state index in [0.29, 0.717) is 23.2 Å². The topological polar surface area (TPSA) is 102 Å². The molecule has 8 heteroatoms. The lowest BCUT2D eigenvalue weighted by molar-refractivity contribution is -0.137. The summed E-state index contributed by atoms with van der Waals surface area (Å²) in [5.41, 5.74) is 2.30. The van der Waals surface area contributed by atoms with Crippen LogP contribution in [0.3, 0.4) is 0 Å². The molecule has 0 spiro atoms. The van der Waals surface area contributed by atoms with Gasteiger partial charge in [-0.3, -0.25) is 4.79 Å². The maximum atomic E-state index is 14.4. The number of nitrogens with zero attached hydrogens (tertiary/aromatic N) is 1. The Morgan fingerprint density at radius 1 is 1.19 bits per heavy atom. The standard InChI is InChI=1S/C18H17FN2O4S/c1-11-13(9-12-5-3-2-4-6-12)17-15(21(11)10-16(22)23)8-7-14(19)18(17)26(20,24)25/h2-8H,9-10H2,1H3,(H,22,23)(H2,20,24,25). The van der Waals surface area contributed by atoms with Crippen LogP contribution in [0, 0.1) is 12.7 Å². The molecule has 0 atom stereocenters. The lowest BCUT2D eigenvalue weighted by Crippen LogP contribution is -2.15. The number of carboxylic acid groups (broad SMARTS) is 1. The normalized spacial score (nSPS) is 11.8. The molecule has 1 aromatic heterocycles. The van der Waals surface area contributed by atoms with Gasteiger partial charge in [0.15, 0.2) is 0 Å². The van der Waals surface area contributed by atoms with Gasteiger partial charge in [0, 0.05) is 11.1 Å². The number of benzene rings is 2. The Kier molecular flexibility index (Phi) is 4.55. The summed E-state index contributed by atoms with van der Waals surface area (Å²) < 4.78 is 39.9. The number of carbonyl (C=O) groups is 1. The quantitative estimate of drug-likeness (QED) is 0.714. The number of nitrogens with two attached hydrogens (primary N) is 1. The number of carboxylic acids is 1. The van der Waals surface area contributed by atoms with E-state index >= 15 is 0 Å². The summed E-state index contributed by atoms with van der Waals surface area (Å²) >= 11 is 0. The van der Waals surface area contributed by atoms with Gasteiger partial charge in [-0.2, -0.15) is 0 Å². The van der Waals surface area contributed by atoms with Crippen molar-refractivity contribution < 1.29 is 22.7 Å². The third-order valence-electron chi connectivity index (χ3n) is 4.32. The van der Waals surface area contributed by atoms with Crippen molar-refractivity contribution >= 4 is 26.9 Å². The van der Waals surface area contributed by atoms with Crippen LogP contribution in [0.25, 0.3) is 10.9 Å². The molecule has 0 saturated heterocycles. The zero-order valence-electron chi connectivity index (χ0n) is 13.9. The maximum Gasteiger partial charge on any atom is 0.323 e. The largest absolute Gasteiger partial charge is 0.480 e. The van der Waals surface area contributed by atoms with E-state index in [9.17, 15) is 22.7 Å². The molecule has 0 aliphatic heterocycles. The zero-order valence-corrected chi connectivity index (χ0v) is 14.8. The summed E-state index contributed by atoms with van der Waals surface area (Å²) in [6.45, 7) is 1.32. The molecule has 3 N–H and O–H groups in total. The lowest BCUT2D eigenvalue weighted by Gasteiger charge is -2.07. The highest BCUT2D eigenvalue weighted by Gasteiger charge is 2.26. The average molecular weight is 376 g/mol. The van der Waals surface area contributed by atoms with Crippen molar-refractivity contribution in [1.82, 2.24) is 4.57 Å². The molecule has 0 fully saturated rings. The molecule has 3 rings (SSSR count). The van der Waals surface area contributed by atoms with Gasteiger partial charge in [-0.25, -0.2) is 17.9 Å². The molecule has 0 saturated carbocycles. The van der Waals surface area contributed by atoms with Gasteiger partial charge < -0.3 is 9.67 Å². The van der Waals surface area contributed by atoms with E-state index in [0.717, 1.165) is 11.6 Å². The van der Waals surface area contributed by atoms with Crippen LogP contribution in [0.4, 0.5) is 4.39 Å². The highest BCUT2D eigenvalue weighted by Crippen LogP contribution is 2.34. The Morgan fingerprint density at radius 3 is 2.42 bits per heavy atom. The van der Waals surface area contributed by atoms with Gasteiger partial charge in [0.25, 0.3) is 0 Å². The van der Waals surface area contributed by atoms with Gasteiger partial charge in [-0.05, 0) is 36.6 Å². The van der Waals surface area contributed by atoms with Crippen molar-refractivity contribution in [3.05, 3.63) is 65.1 Å². The monoisotopic (exact) mass is 376 g/mol. The summed E-state index contributed by atoms with van der Waals surface area (Å²) in [4.78, 5) is 10.6. The predicted octanol–water partition coefficient (Wildman–Crippen LogP) is 2.41. The molecular weight excluding hydrogens is 359 g/mol. The third-order valence-corrected chi connectivity index (χ3v) is 5.29. The van der Waals surface area contributed by atoms with Crippen LogP contribution in [-0.2, 0) is 27.8 Å². The molecule has 0 radical (unpaired) electrons. The second kappa shape index (κ2) is 6.54. The van der Waals surface area contributed by atoms with Gasteiger partial charge in [0.1, 0.15) is 17.3 Å². The minimum atomic E-state index is -4.34. The van der Waals surface area contributed by atoms with Crippen molar-refractivity contribution in [2.24, 2.45) is 5.14 Å². The van der Waals surface area contributed by atoms with Crippen molar-refractivity contribution in [3.63, 3.8) is 0 Å². The fraction of sp³-hybridized carbons (Fsp3) is 0.167. The molecule has 136 valence electrons. The summed E-state index contributed by atoms with van der Waals surface area (Å²) in [7, 11) is -4.34. The second-order valence-electron chi connectivity index (χ2n) is 6.02. The number of rotatable bonds is 5. The first-order valence-corrected chi connectivity index (χ1v) is 9.33. The number of aromatic nitrogens is 1. The van der Waals surface area contributed by atoms with Gasteiger partial charge in [0.05, 0.1) is 5.52 Å². The lowest BCUT2D eigenvalue weighted by atomic mass is 10.0. The number of aliphatic carboxylic acids is 1. The van der Waals surface area contributed by atoms with Crippen molar-refractivity contribution in [2.75, 3.05) is 0 Å². The number of hydrogen-bond acceptors (Lipinski definition) is 3. The van der Waals surface area contributed by atoms with E-state index in [4.69, 9.17) is 5.14 Å². The van der Waals surface area contributed by atoms with Crippen LogP contribution in [0.2, 0.25) is 0 Å². The third kappa shape index (κ3) is 3.21. The Bertz CT molecular complexity index is 1110. The number of sulfonamides is 1. The summed E-state index contributed by atoms with van der Waals surface area (Å²) in [5.74, 6) is -2.04. The molecule has 3 aromatic rings. The van der Waals surface area contributed by atoms with E-state index < -0.39 is 26.7 Å². The molecule has 6 nitrogen and oxygen atoms in total. The van der Waals surface area contributed by atoms with Crippen LogP contribution < -0.4 is 5.14 Å². The summed E-state index contributed by atoms with van der Waals surface area (Å²) in [6, 6.07) is 11.6. The Balaban J connectivity index is 2.39. The van der Waals surface area contributed by atoms with Crippen molar-refractivity contribution in [1.29, 1.82) is 0 Å². The molecule has 1 heterocycles. The Hall–Kier alpha value is -2.71. The highest BCUT2D eigenvalue weighted by atomic mass is 32.2. The van der Waals surface area contributed by atoms with Crippen LogP contribution in [-0.4, -0.2) is 24.1 Å². The van der Waals surface area contributed by atoms with Gasteiger partial charge in [-0.15, -0.1) is 0 Å². The number of primary sulfonamides is 1. The smallest absolute Gasteiger partial charge is 0.323 e. The first kappa shape index (κ1) is 18.1. The zero-order chi connectivity index (χ0) is 19.1. The van der Waals surface area contributed by atoms with Crippen LogP contribution >= 0.6 is 0 Å². The number of halogens is 1. The molecule has 26 heavy (non-hydrogen) atoms.